The summed E-state index contributed by atoms with van der Waals surface area (Å²) in [5.74, 6) is 2.37. The van der Waals surface area contributed by atoms with E-state index < -0.39 is 0 Å². The van der Waals surface area contributed by atoms with Gasteiger partial charge in [-0.2, -0.15) is 0 Å². The van der Waals surface area contributed by atoms with E-state index in [1.165, 1.54) is 0 Å². The van der Waals surface area contributed by atoms with Gasteiger partial charge in [0.25, 0.3) is 0 Å². The van der Waals surface area contributed by atoms with Gasteiger partial charge < -0.3 is 19.5 Å². The van der Waals surface area contributed by atoms with E-state index in [1.807, 2.05) is 49.4 Å². The molecule has 0 bridgehead atoms. The van der Waals surface area contributed by atoms with E-state index in [0.717, 1.165) is 28.5 Å². The number of anilines is 1. The maximum Gasteiger partial charge on any atom is 0.166 e. The number of hydrogen-bond donors (Lipinski definition) is 1. The molecule has 0 aliphatic heterocycles. The van der Waals surface area contributed by atoms with Crippen LogP contribution in [0.25, 0.3) is 0 Å². The Balaban J connectivity index is 2.15. The van der Waals surface area contributed by atoms with Crippen LogP contribution in [-0.2, 0) is 6.54 Å². The van der Waals surface area contributed by atoms with Crippen molar-refractivity contribution >= 4 is 5.69 Å². The van der Waals surface area contributed by atoms with E-state index in [1.54, 1.807) is 14.2 Å². The monoisotopic (exact) mass is 287 g/mol. The van der Waals surface area contributed by atoms with E-state index in [4.69, 9.17) is 14.2 Å². The molecule has 0 saturated carbocycles. The second-order valence-corrected chi connectivity index (χ2v) is 4.47. The SMILES string of the molecule is CCOc1c(CNc2cccc(OC)c2)cccc1OC. The van der Waals surface area contributed by atoms with Crippen LogP contribution < -0.4 is 19.5 Å². The second kappa shape index (κ2) is 7.43. The summed E-state index contributed by atoms with van der Waals surface area (Å²) in [6.45, 7) is 3.22. The van der Waals surface area contributed by atoms with E-state index in [-0.39, 0.29) is 0 Å². The van der Waals surface area contributed by atoms with E-state index in [9.17, 15) is 0 Å². The zero-order valence-corrected chi connectivity index (χ0v) is 12.7. The van der Waals surface area contributed by atoms with E-state index in [0.29, 0.717) is 13.2 Å². The van der Waals surface area contributed by atoms with Crippen molar-refractivity contribution in [1.29, 1.82) is 0 Å². The van der Waals surface area contributed by atoms with Gasteiger partial charge in [-0.3, -0.25) is 0 Å². The van der Waals surface area contributed by atoms with Crippen LogP contribution >= 0.6 is 0 Å². The number of methoxy groups -OCH3 is 2. The van der Waals surface area contributed by atoms with Gasteiger partial charge in [-0.25, -0.2) is 0 Å². The van der Waals surface area contributed by atoms with Gasteiger partial charge in [-0.15, -0.1) is 0 Å². The molecule has 4 heteroatoms. The van der Waals surface area contributed by atoms with Crippen LogP contribution in [0.15, 0.2) is 42.5 Å². The fraction of sp³-hybridized carbons (Fsp3) is 0.294. The predicted octanol–water partition coefficient (Wildman–Crippen LogP) is 3.71. The van der Waals surface area contributed by atoms with Gasteiger partial charge >= 0.3 is 0 Å². The molecule has 0 aromatic heterocycles. The van der Waals surface area contributed by atoms with Crippen LogP contribution in [-0.4, -0.2) is 20.8 Å². The Morgan fingerprint density at radius 2 is 1.81 bits per heavy atom. The van der Waals surface area contributed by atoms with Crippen molar-refractivity contribution in [1.82, 2.24) is 0 Å². The highest BCUT2D eigenvalue weighted by atomic mass is 16.5. The highest BCUT2D eigenvalue weighted by molar-refractivity contribution is 5.51. The van der Waals surface area contributed by atoms with Crippen molar-refractivity contribution in [3.63, 3.8) is 0 Å². The molecule has 1 N–H and O–H groups in total. The second-order valence-electron chi connectivity index (χ2n) is 4.47. The molecule has 0 aliphatic carbocycles. The molecule has 2 rings (SSSR count). The molecule has 112 valence electrons. The lowest BCUT2D eigenvalue weighted by atomic mass is 10.1. The quantitative estimate of drug-likeness (QED) is 0.842. The van der Waals surface area contributed by atoms with Crippen molar-refractivity contribution in [2.75, 3.05) is 26.1 Å². The summed E-state index contributed by atoms with van der Waals surface area (Å²) in [5.41, 5.74) is 2.05. The highest BCUT2D eigenvalue weighted by Gasteiger charge is 2.09. The summed E-state index contributed by atoms with van der Waals surface area (Å²) in [7, 11) is 3.31. The van der Waals surface area contributed by atoms with Gasteiger partial charge in [0.1, 0.15) is 5.75 Å². The molecule has 2 aromatic rings. The zero-order chi connectivity index (χ0) is 15.1. The summed E-state index contributed by atoms with van der Waals surface area (Å²) >= 11 is 0. The molecular weight excluding hydrogens is 266 g/mol. The number of benzene rings is 2. The zero-order valence-electron chi connectivity index (χ0n) is 12.7. The molecule has 0 amide bonds. The fourth-order valence-electron chi connectivity index (χ4n) is 2.10. The summed E-state index contributed by atoms with van der Waals surface area (Å²) in [6.07, 6.45) is 0. The molecule has 0 fully saturated rings. The lowest BCUT2D eigenvalue weighted by Gasteiger charge is -2.15. The van der Waals surface area contributed by atoms with Crippen LogP contribution in [0.3, 0.4) is 0 Å². The number of nitrogens with one attached hydrogen (secondary N) is 1. The van der Waals surface area contributed by atoms with E-state index >= 15 is 0 Å². The van der Waals surface area contributed by atoms with Gasteiger partial charge in [0.05, 0.1) is 20.8 Å². The van der Waals surface area contributed by atoms with Crippen LogP contribution in [0.4, 0.5) is 5.69 Å². The molecule has 2 aromatic carbocycles. The maximum absolute atomic E-state index is 5.70. The molecule has 0 spiro atoms. The third-order valence-electron chi connectivity index (χ3n) is 3.12. The molecular formula is C17H21NO3. The predicted molar refractivity (Wildman–Crippen MR) is 84.5 cm³/mol. The first-order chi connectivity index (χ1) is 10.3. The summed E-state index contributed by atoms with van der Waals surface area (Å²) in [5, 5.41) is 3.37. The summed E-state index contributed by atoms with van der Waals surface area (Å²) < 4.78 is 16.3. The lowest BCUT2D eigenvalue weighted by Crippen LogP contribution is -2.04. The molecule has 0 radical (unpaired) electrons. The normalized spacial score (nSPS) is 10.0. The minimum Gasteiger partial charge on any atom is -0.497 e. The van der Waals surface area contributed by atoms with Crippen LogP contribution in [0.1, 0.15) is 12.5 Å². The first-order valence-corrected chi connectivity index (χ1v) is 6.95. The number of ether oxygens (including phenoxy) is 3. The van der Waals surface area contributed by atoms with Crippen LogP contribution in [0, 0.1) is 0 Å². The average molecular weight is 287 g/mol. The Labute approximate surface area is 125 Å². The minimum absolute atomic E-state index is 0.604. The number of hydrogen-bond acceptors (Lipinski definition) is 4. The van der Waals surface area contributed by atoms with Gasteiger partial charge in [-0.05, 0) is 25.1 Å². The maximum atomic E-state index is 5.70. The smallest absolute Gasteiger partial charge is 0.166 e. The first-order valence-electron chi connectivity index (χ1n) is 6.95. The highest BCUT2D eigenvalue weighted by Crippen LogP contribution is 2.31. The molecule has 0 saturated heterocycles. The molecule has 0 aliphatic rings. The Hall–Kier alpha value is -2.36. The Morgan fingerprint density at radius 1 is 1.00 bits per heavy atom. The van der Waals surface area contributed by atoms with Crippen molar-refractivity contribution in [2.45, 2.75) is 13.5 Å². The van der Waals surface area contributed by atoms with Crippen molar-refractivity contribution < 1.29 is 14.2 Å². The summed E-state index contributed by atoms with van der Waals surface area (Å²) in [4.78, 5) is 0. The Morgan fingerprint density at radius 3 is 2.52 bits per heavy atom. The van der Waals surface area contributed by atoms with E-state index in [2.05, 4.69) is 5.32 Å². The lowest BCUT2D eigenvalue weighted by molar-refractivity contribution is 0.308. The molecule has 4 nitrogen and oxygen atoms in total. The third-order valence-corrected chi connectivity index (χ3v) is 3.12. The van der Waals surface area contributed by atoms with Gasteiger partial charge in [0, 0.05) is 23.9 Å². The molecule has 0 unspecified atom stereocenters. The van der Waals surface area contributed by atoms with Gasteiger partial charge in [0.2, 0.25) is 0 Å². The van der Waals surface area contributed by atoms with Gasteiger partial charge in [-0.1, -0.05) is 18.2 Å². The van der Waals surface area contributed by atoms with Crippen molar-refractivity contribution in [3.05, 3.63) is 48.0 Å². The largest absolute Gasteiger partial charge is 0.497 e. The molecule has 0 heterocycles. The van der Waals surface area contributed by atoms with Crippen LogP contribution in [0.2, 0.25) is 0 Å². The minimum atomic E-state index is 0.604. The third kappa shape index (κ3) is 3.81. The summed E-state index contributed by atoms with van der Waals surface area (Å²) in [6, 6.07) is 13.7. The Bertz CT molecular complexity index is 584. The topological polar surface area (TPSA) is 39.7 Å². The standard InChI is InChI=1S/C17H21NO3/c1-4-21-17-13(7-5-10-16(17)20-3)12-18-14-8-6-9-15(11-14)19-2/h5-11,18H,4,12H2,1-3H3. The molecule has 0 atom stereocenters. The average Bonchev–Trinajstić information content (AvgIpc) is 2.54. The van der Waals surface area contributed by atoms with Crippen molar-refractivity contribution in [3.8, 4) is 17.2 Å². The van der Waals surface area contributed by atoms with Crippen molar-refractivity contribution in [2.24, 2.45) is 0 Å². The van der Waals surface area contributed by atoms with Gasteiger partial charge in [0.15, 0.2) is 11.5 Å². The first kappa shape index (κ1) is 15.0. The molecule has 21 heavy (non-hydrogen) atoms. The van der Waals surface area contributed by atoms with Crippen LogP contribution in [0.5, 0.6) is 17.2 Å². The number of rotatable bonds is 7. The number of para-hydroxylation sites is 1. The fourth-order valence-corrected chi connectivity index (χ4v) is 2.10. The Kier molecular flexibility index (Phi) is 5.32.